The van der Waals surface area contributed by atoms with Crippen LogP contribution in [0.3, 0.4) is 0 Å². The standard InChI is InChI=1S/C16H14N4OS2/c1-22-13-6-4-11(5-7-13)18-15(21)14-10-23-16(20-14)19-12-3-2-8-17-9-12/h2-10H,1H3,(H,18,21)(H,19,20). The largest absolute Gasteiger partial charge is 0.330 e. The summed E-state index contributed by atoms with van der Waals surface area (Å²) in [5, 5.41) is 8.34. The van der Waals surface area contributed by atoms with Crippen molar-refractivity contribution in [3.63, 3.8) is 0 Å². The molecular formula is C16H14N4OS2. The van der Waals surface area contributed by atoms with Crippen LogP contribution in [0.4, 0.5) is 16.5 Å². The Bertz CT molecular complexity index is 787. The molecule has 1 amide bonds. The van der Waals surface area contributed by atoms with Gasteiger partial charge in [-0.25, -0.2) is 4.98 Å². The first-order valence-electron chi connectivity index (χ1n) is 6.82. The lowest BCUT2D eigenvalue weighted by atomic mass is 10.3. The van der Waals surface area contributed by atoms with Gasteiger partial charge in [0.1, 0.15) is 5.69 Å². The van der Waals surface area contributed by atoms with Crippen LogP contribution in [0.1, 0.15) is 10.5 Å². The number of hydrogen-bond donors (Lipinski definition) is 2. The van der Waals surface area contributed by atoms with Crippen LogP contribution in [-0.2, 0) is 0 Å². The number of aromatic nitrogens is 2. The molecule has 0 aliphatic heterocycles. The number of nitrogens with one attached hydrogen (secondary N) is 2. The fourth-order valence-corrected chi connectivity index (χ4v) is 2.98. The summed E-state index contributed by atoms with van der Waals surface area (Å²) in [6.07, 6.45) is 5.42. The van der Waals surface area contributed by atoms with E-state index in [0.717, 1.165) is 16.3 Å². The minimum absolute atomic E-state index is 0.225. The second-order valence-electron chi connectivity index (χ2n) is 4.59. The lowest BCUT2D eigenvalue weighted by molar-refractivity contribution is 0.102. The number of thioether (sulfide) groups is 1. The van der Waals surface area contributed by atoms with Crippen molar-refractivity contribution in [2.75, 3.05) is 16.9 Å². The predicted molar refractivity (Wildman–Crippen MR) is 95.8 cm³/mol. The van der Waals surface area contributed by atoms with Gasteiger partial charge in [-0.15, -0.1) is 23.1 Å². The van der Waals surface area contributed by atoms with Crippen molar-refractivity contribution in [1.82, 2.24) is 9.97 Å². The third-order valence-electron chi connectivity index (χ3n) is 3.00. The van der Waals surface area contributed by atoms with Gasteiger partial charge in [-0.3, -0.25) is 9.78 Å². The first-order chi connectivity index (χ1) is 11.2. The summed E-state index contributed by atoms with van der Waals surface area (Å²) in [5.74, 6) is -0.225. The van der Waals surface area contributed by atoms with E-state index in [1.165, 1.54) is 11.3 Å². The van der Waals surface area contributed by atoms with Crippen LogP contribution in [0.25, 0.3) is 0 Å². The van der Waals surface area contributed by atoms with Crippen molar-refractivity contribution in [3.8, 4) is 0 Å². The smallest absolute Gasteiger partial charge is 0.275 e. The van der Waals surface area contributed by atoms with Crippen LogP contribution in [0.5, 0.6) is 0 Å². The summed E-state index contributed by atoms with van der Waals surface area (Å²) in [4.78, 5) is 21.7. The van der Waals surface area contributed by atoms with Gasteiger partial charge < -0.3 is 10.6 Å². The molecule has 5 nitrogen and oxygen atoms in total. The van der Waals surface area contributed by atoms with Crippen molar-refractivity contribution >= 4 is 45.5 Å². The highest BCUT2D eigenvalue weighted by molar-refractivity contribution is 7.98. The maximum atomic E-state index is 12.2. The van der Waals surface area contributed by atoms with Crippen LogP contribution >= 0.6 is 23.1 Å². The Morgan fingerprint density at radius 3 is 2.70 bits per heavy atom. The molecule has 0 unspecified atom stereocenters. The molecule has 116 valence electrons. The van der Waals surface area contributed by atoms with Gasteiger partial charge >= 0.3 is 0 Å². The SMILES string of the molecule is CSc1ccc(NC(=O)c2csc(Nc3cccnc3)n2)cc1. The number of thiazole rings is 1. The molecule has 2 N–H and O–H groups in total. The average Bonchev–Trinajstić information content (AvgIpc) is 3.05. The molecule has 3 rings (SSSR count). The van der Waals surface area contributed by atoms with E-state index >= 15 is 0 Å². The van der Waals surface area contributed by atoms with Crippen molar-refractivity contribution in [2.45, 2.75) is 4.90 Å². The topological polar surface area (TPSA) is 66.9 Å². The van der Waals surface area contributed by atoms with Gasteiger partial charge in [-0.2, -0.15) is 0 Å². The molecule has 2 aromatic heterocycles. The minimum Gasteiger partial charge on any atom is -0.330 e. The number of benzene rings is 1. The van der Waals surface area contributed by atoms with Crippen LogP contribution in [-0.4, -0.2) is 22.1 Å². The Morgan fingerprint density at radius 1 is 1.17 bits per heavy atom. The highest BCUT2D eigenvalue weighted by Gasteiger charge is 2.11. The molecule has 0 radical (unpaired) electrons. The molecule has 3 aromatic rings. The monoisotopic (exact) mass is 342 g/mol. The number of anilines is 3. The number of carbonyl (C=O) groups is 1. The van der Waals surface area contributed by atoms with E-state index in [2.05, 4.69) is 20.6 Å². The Balaban J connectivity index is 1.66. The summed E-state index contributed by atoms with van der Waals surface area (Å²) >= 11 is 3.04. The lowest BCUT2D eigenvalue weighted by Gasteiger charge is -2.04. The summed E-state index contributed by atoms with van der Waals surface area (Å²) in [6, 6.07) is 11.4. The lowest BCUT2D eigenvalue weighted by Crippen LogP contribution is -2.12. The maximum Gasteiger partial charge on any atom is 0.275 e. The van der Waals surface area contributed by atoms with Crippen molar-refractivity contribution < 1.29 is 4.79 Å². The Hall–Kier alpha value is -2.38. The number of rotatable bonds is 5. The second-order valence-corrected chi connectivity index (χ2v) is 6.32. The van der Waals surface area contributed by atoms with Gasteiger partial charge in [0.15, 0.2) is 5.13 Å². The fourth-order valence-electron chi connectivity index (χ4n) is 1.87. The highest BCUT2D eigenvalue weighted by Crippen LogP contribution is 2.22. The molecule has 0 aliphatic carbocycles. The van der Waals surface area contributed by atoms with Gasteiger partial charge in [-0.05, 0) is 42.7 Å². The van der Waals surface area contributed by atoms with E-state index in [0.29, 0.717) is 10.8 Å². The summed E-state index contributed by atoms with van der Waals surface area (Å²) in [7, 11) is 0. The quantitative estimate of drug-likeness (QED) is 0.678. The van der Waals surface area contributed by atoms with Crippen LogP contribution in [0, 0.1) is 0 Å². The van der Waals surface area contributed by atoms with Gasteiger partial charge in [0.25, 0.3) is 5.91 Å². The van der Waals surface area contributed by atoms with Crippen LogP contribution < -0.4 is 10.6 Å². The van der Waals surface area contributed by atoms with E-state index in [4.69, 9.17) is 0 Å². The van der Waals surface area contributed by atoms with E-state index in [1.807, 2.05) is 42.7 Å². The zero-order valence-electron chi connectivity index (χ0n) is 12.3. The normalized spacial score (nSPS) is 10.3. The van der Waals surface area contributed by atoms with Crippen molar-refractivity contribution in [3.05, 3.63) is 59.9 Å². The Labute approximate surface area is 142 Å². The summed E-state index contributed by atoms with van der Waals surface area (Å²) in [5.41, 5.74) is 1.97. The highest BCUT2D eigenvalue weighted by atomic mass is 32.2. The molecule has 1 aromatic carbocycles. The van der Waals surface area contributed by atoms with Gasteiger partial charge in [-0.1, -0.05) is 0 Å². The number of amides is 1. The molecule has 2 heterocycles. The van der Waals surface area contributed by atoms with E-state index in [9.17, 15) is 4.79 Å². The zero-order valence-corrected chi connectivity index (χ0v) is 13.9. The van der Waals surface area contributed by atoms with Crippen LogP contribution in [0.2, 0.25) is 0 Å². The molecule has 0 saturated carbocycles. The fraction of sp³-hybridized carbons (Fsp3) is 0.0625. The zero-order chi connectivity index (χ0) is 16.1. The third kappa shape index (κ3) is 4.08. The van der Waals surface area contributed by atoms with Gasteiger partial charge in [0.05, 0.1) is 11.9 Å². The first-order valence-corrected chi connectivity index (χ1v) is 8.93. The molecular weight excluding hydrogens is 328 g/mol. The minimum atomic E-state index is -0.225. The maximum absolute atomic E-state index is 12.2. The van der Waals surface area contributed by atoms with E-state index < -0.39 is 0 Å². The van der Waals surface area contributed by atoms with Gasteiger partial charge in [0.2, 0.25) is 0 Å². The molecule has 0 atom stereocenters. The molecule has 0 saturated heterocycles. The molecule has 0 bridgehead atoms. The number of carbonyl (C=O) groups excluding carboxylic acids is 1. The molecule has 0 aliphatic rings. The van der Waals surface area contributed by atoms with Gasteiger partial charge in [0, 0.05) is 22.2 Å². The summed E-state index contributed by atoms with van der Waals surface area (Å²) in [6.45, 7) is 0. The molecule has 0 spiro atoms. The predicted octanol–water partition coefficient (Wildman–Crippen LogP) is 4.26. The van der Waals surface area contributed by atoms with Crippen LogP contribution in [0.15, 0.2) is 59.1 Å². The number of nitrogens with zero attached hydrogens (tertiary/aromatic N) is 2. The van der Waals surface area contributed by atoms with E-state index in [-0.39, 0.29) is 5.91 Å². The molecule has 23 heavy (non-hydrogen) atoms. The second kappa shape index (κ2) is 7.26. The number of pyridine rings is 1. The Morgan fingerprint density at radius 2 is 2.00 bits per heavy atom. The van der Waals surface area contributed by atoms with E-state index in [1.54, 1.807) is 29.5 Å². The number of hydrogen-bond acceptors (Lipinski definition) is 6. The first kappa shape index (κ1) is 15.5. The Kier molecular flexibility index (Phi) is 4.89. The average molecular weight is 342 g/mol. The molecule has 7 heteroatoms. The third-order valence-corrected chi connectivity index (χ3v) is 4.50. The van der Waals surface area contributed by atoms with Crippen molar-refractivity contribution in [1.29, 1.82) is 0 Å². The summed E-state index contributed by atoms with van der Waals surface area (Å²) < 4.78 is 0. The van der Waals surface area contributed by atoms with Crippen molar-refractivity contribution in [2.24, 2.45) is 0 Å². The molecule has 0 fully saturated rings.